The second-order valence-electron chi connectivity index (χ2n) is 4.16. The Morgan fingerprint density at radius 3 is 2.47 bits per heavy atom. The van der Waals surface area contributed by atoms with Crippen LogP contribution >= 0.6 is 11.6 Å². The van der Waals surface area contributed by atoms with E-state index in [1.54, 1.807) is 12.1 Å². The van der Waals surface area contributed by atoms with E-state index in [1.165, 1.54) is 6.07 Å². The molecule has 0 saturated heterocycles. The molecular weight excluding hydrogens is 232 g/mol. The van der Waals surface area contributed by atoms with E-state index in [9.17, 15) is 4.79 Å². The number of halogens is 1. The van der Waals surface area contributed by atoms with Crippen LogP contribution in [0.15, 0.2) is 18.2 Å². The lowest BCUT2D eigenvalue weighted by Gasteiger charge is -2.20. The van der Waals surface area contributed by atoms with Gasteiger partial charge in [0.15, 0.2) is 0 Å². The number of carboxylic acid groups (broad SMARTS) is 1. The van der Waals surface area contributed by atoms with Crippen molar-refractivity contribution in [1.82, 2.24) is 0 Å². The number of hydrogen-bond donors (Lipinski definition) is 1. The van der Waals surface area contributed by atoms with Gasteiger partial charge in [0, 0.05) is 5.02 Å². The minimum atomic E-state index is -1.82. The Morgan fingerprint density at radius 2 is 2.00 bits per heavy atom. The summed E-state index contributed by atoms with van der Waals surface area (Å²) < 4.78 is 5.65. The van der Waals surface area contributed by atoms with Crippen molar-refractivity contribution in [3.63, 3.8) is 0 Å². The number of aromatic carboxylic acids is 1. The van der Waals surface area contributed by atoms with Crippen molar-refractivity contribution in [3.8, 4) is 5.75 Å². The zero-order valence-electron chi connectivity index (χ0n) is 8.87. The van der Waals surface area contributed by atoms with Gasteiger partial charge in [0.2, 0.25) is 8.32 Å². The summed E-state index contributed by atoms with van der Waals surface area (Å²) in [5.74, 6) is -0.644. The highest BCUT2D eigenvalue weighted by Gasteiger charge is 2.20. The molecule has 0 spiro atoms. The first-order chi connectivity index (χ1) is 6.79. The molecule has 0 aliphatic carbocycles. The highest BCUT2D eigenvalue weighted by atomic mass is 35.5. The first kappa shape index (κ1) is 12.1. The molecule has 1 rings (SSSR count). The number of benzene rings is 1. The number of hydrogen-bond acceptors (Lipinski definition) is 2. The molecule has 1 aromatic rings. The lowest BCUT2D eigenvalue weighted by Crippen LogP contribution is -2.30. The third kappa shape index (κ3) is 3.57. The van der Waals surface area contributed by atoms with Crippen LogP contribution in [0.4, 0.5) is 0 Å². The van der Waals surface area contributed by atoms with Crippen LogP contribution in [0, 0.1) is 0 Å². The molecule has 1 N–H and O–H groups in total. The van der Waals surface area contributed by atoms with E-state index in [0.29, 0.717) is 10.8 Å². The Labute approximate surface area is 94.8 Å². The van der Waals surface area contributed by atoms with Gasteiger partial charge in [-0.3, -0.25) is 0 Å². The summed E-state index contributed by atoms with van der Waals surface area (Å²) >= 11 is 5.79. The second kappa shape index (κ2) is 4.24. The molecule has 1 aromatic carbocycles. The van der Waals surface area contributed by atoms with Crippen LogP contribution in [0.2, 0.25) is 24.7 Å². The summed E-state index contributed by atoms with van der Waals surface area (Å²) in [4.78, 5) is 10.9. The fourth-order valence-electron chi connectivity index (χ4n) is 1.09. The highest BCUT2D eigenvalue weighted by Crippen LogP contribution is 2.25. The number of carbonyl (C=O) groups is 1. The molecule has 0 heterocycles. The highest BCUT2D eigenvalue weighted by molar-refractivity contribution is 6.70. The first-order valence-electron chi connectivity index (χ1n) is 4.51. The van der Waals surface area contributed by atoms with E-state index in [0.717, 1.165) is 0 Å². The average molecular weight is 245 g/mol. The van der Waals surface area contributed by atoms with Crippen LogP contribution in [0.25, 0.3) is 0 Å². The van der Waals surface area contributed by atoms with Crippen LogP contribution in [0.3, 0.4) is 0 Å². The van der Waals surface area contributed by atoms with Crippen LogP contribution < -0.4 is 4.43 Å². The summed E-state index contributed by atoms with van der Waals surface area (Å²) in [7, 11) is -1.82. The molecule has 0 atom stereocenters. The third-order valence-electron chi connectivity index (χ3n) is 1.59. The van der Waals surface area contributed by atoms with E-state index >= 15 is 0 Å². The Bertz CT molecular complexity index is 385. The normalized spacial score (nSPS) is 11.2. The van der Waals surface area contributed by atoms with Gasteiger partial charge in [-0.2, -0.15) is 0 Å². The SMILES string of the molecule is C[Si](C)(C)Oc1cc(Cl)ccc1C(=O)O. The van der Waals surface area contributed by atoms with Crippen molar-refractivity contribution < 1.29 is 14.3 Å². The van der Waals surface area contributed by atoms with Crippen LogP contribution in [0.1, 0.15) is 10.4 Å². The average Bonchev–Trinajstić information content (AvgIpc) is 1.99. The first-order valence-corrected chi connectivity index (χ1v) is 8.30. The summed E-state index contributed by atoms with van der Waals surface area (Å²) in [5.41, 5.74) is 0.154. The van der Waals surface area contributed by atoms with Gasteiger partial charge < -0.3 is 9.53 Å². The summed E-state index contributed by atoms with van der Waals surface area (Å²) in [5, 5.41) is 9.43. The van der Waals surface area contributed by atoms with Gasteiger partial charge in [-0.1, -0.05) is 11.6 Å². The Morgan fingerprint density at radius 1 is 1.40 bits per heavy atom. The zero-order valence-corrected chi connectivity index (χ0v) is 10.6. The van der Waals surface area contributed by atoms with Gasteiger partial charge in [0.05, 0.1) is 0 Å². The zero-order chi connectivity index (χ0) is 11.6. The second-order valence-corrected chi connectivity index (χ2v) is 9.03. The molecule has 15 heavy (non-hydrogen) atoms. The van der Waals surface area contributed by atoms with E-state index in [1.807, 2.05) is 19.6 Å². The summed E-state index contributed by atoms with van der Waals surface area (Å²) in [6.45, 7) is 5.96. The molecule has 0 saturated carbocycles. The molecule has 0 aliphatic rings. The number of rotatable bonds is 3. The van der Waals surface area contributed by atoms with Gasteiger partial charge >= 0.3 is 5.97 Å². The molecule has 3 nitrogen and oxygen atoms in total. The van der Waals surface area contributed by atoms with Crippen molar-refractivity contribution in [2.75, 3.05) is 0 Å². The van der Waals surface area contributed by atoms with Crippen molar-refractivity contribution in [2.45, 2.75) is 19.6 Å². The molecule has 0 aromatic heterocycles. The van der Waals surface area contributed by atoms with Gasteiger partial charge in [-0.15, -0.1) is 0 Å². The fourth-order valence-corrected chi connectivity index (χ4v) is 2.08. The molecule has 0 amide bonds. The fraction of sp³-hybridized carbons (Fsp3) is 0.300. The van der Waals surface area contributed by atoms with E-state index in [-0.39, 0.29) is 5.56 Å². The molecule has 82 valence electrons. The van der Waals surface area contributed by atoms with Crippen LogP contribution in [-0.4, -0.2) is 19.4 Å². The minimum absolute atomic E-state index is 0.154. The maximum Gasteiger partial charge on any atom is 0.339 e. The van der Waals surface area contributed by atoms with Gasteiger partial charge in [0.1, 0.15) is 11.3 Å². The predicted octanol–water partition coefficient (Wildman–Crippen LogP) is 3.25. The van der Waals surface area contributed by atoms with Gasteiger partial charge in [-0.05, 0) is 37.8 Å². The molecule has 0 fully saturated rings. The monoisotopic (exact) mass is 244 g/mol. The van der Waals surface area contributed by atoms with Crippen molar-refractivity contribution in [3.05, 3.63) is 28.8 Å². The Hall–Kier alpha value is -1.00. The van der Waals surface area contributed by atoms with Crippen LogP contribution in [0.5, 0.6) is 5.75 Å². The lowest BCUT2D eigenvalue weighted by atomic mass is 10.2. The van der Waals surface area contributed by atoms with E-state index in [2.05, 4.69) is 0 Å². The quantitative estimate of drug-likeness (QED) is 0.831. The molecule has 0 aliphatic heterocycles. The summed E-state index contributed by atoms with van der Waals surface area (Å²) in [6, 6.07) is 4.55. The molecule has 0 unspecified atom stereocenters. The minimum Gasteiger partial charge on any atom is -0.544 e. The topological polar surface area (TPSA) is 46.5 Å². The maximum absolute atomic E-state index is 10.9. The van der Waals surface area contributed by atoms with Gasteiger partial charge in [-0.25, -0.2) is 4.79 Å². The van der Waals surface area contributed by atoms with E-state index < -0.39 is 14.3 Å². The predicted molar refractivity (Wildman–Crippen MR) is 62.4 cm³/mol. The lowest BCUT2D eigenvalue weighted by molar-refractivity contribution is 0.0695. The molecular formula is C10H13ClO3Si. The molecule has 0 bridgehead atoms. The summed E-state index contributed by atoms with van der Waals surface area (Å²) in [6.07, 6.45) is 0. The molecule has 0 radical (unpaired) electrons. The molecule has 5 heteroatoms. The van der Waals surface area contributed by atoms with E-state index in [4.69, 9.17) is 21.1 Å². The van der Waals surface area contributed by atoms with Crippen LogP contribution in [-0.2, 0) is 0 Å². The smallest absolute Gasteiger partial charge is 0.339 e. The number of carboxylic acids is 1. The van der Waals surface area contributed by atoms with Gasteiger partial charge in [0.25, 0.3) is 0 Å². The van der Waals surface area contributed by atoms with Crippen molar-refractivity contribution >= 4 is 25.9 Å². The standard InChI is InChI=1S/C10H13ClO3Si/c1-15(2,3)14-9-6-7(11)4-5-8(9)10(12)13/h4-6H,1-3H3,(H,12,13). The Kier molecular flexibility index (Phi) is 3.41. The van der Waals surface area contributed by atoms with Crippen molar-refractivity contribution in [2.24, 2.45) is 0 Å². The largest absolute Gasteiger partial charge is 0.544 e. The van der Waals surface area contributed by atoms with Crippen molar-refractivity contribution in [1.29, 1.82) is 0 Å². The maximum atomic E-state index is 10.9. The third-order valence-corrected chi connectivity index (χ3v) is 2.66. The Balaban J connectivity index is 3.13.